The van der Waals surface area contributed by atoms with Gasteiger partial charge in [-0.2, -0.15) is 0 Å². The van der Waals surface area contributed by atoms with Crippen LogP contribution in [0.15, 0.2) is 42.5 Å². The number of urea groups is 1. The number of benzene rings is 2. The van der Waals surface area contributed by atoms with E-state index < -0.39 is 0 Å². The van der Waals surface area contributed by atoms with Crippen molar-refractivity contribution in [3.63, 3.8) is 0 Å². The van der Waals surface area contributed by atoms with Gasteiger partial charge in [-0.1, -0.05) is 36.5 Å². The number of thiocarbonyl (C=S) groups is 1. The SMILES string of the molecule is CN1C(=O)N2[C@H](c3ccc4c(c3)OCO4)c3[nH]c4ccccc4c3C[C@H]2C1=S. The molecule has 1 fully saturated rings. The molecule has 3 aliphatic heterocycles. The van der Waals surface area contributed by atoms with Crippen LogP contribution >= 0.6 is 12.2 Å². The summed E-state index contributed by atoms with van der Waals surface area (Å²) in [4.78, 5) is 20.8. The average molecular weight is 391 g/mol. The summed E-state index contributed by atoms with van der Waals surface area (Å²) in [5.74, 6) is 1.44. The van der Waals surface area contributed by atoms with Gasteiger partial charge in [-0.05, 0) is 29.3 Å². The fraction of sp³-hybridized carbons (Fsp3) is 0.238. The number of carbonyl (C=O) groups excluding carboxylic acids is 1. The highest BCUT2D eigenvalue weighted by molar-refractivity contribution is 7.80. The second-order valence-electron chi connectivity index (χ2n) is 7.39. The average Bonchev–Trinajstić information content (AvgIpc) is 3.38. The molecule has 1 aromatic heterocycles. The van der Waals surface area contributed by atoms with Crippen molar-refractivity contribution in [1.29, 1.82) is 0 Å². The zero-order chi connectivity index (χ0) is 19.0. The summed E-state index contributed by atoms with van der Waals surface area (Å²) in [6.45, 7) is 0.221. The van der Waals surface area contributed by atoms with E-state index in [9.17, 15) is 4.79 Å². The number of fused-ring (bicyclic) bond motifs is 5. The van der Waals surface area contributed by atoms with Gasteiger partial charge in [-0.25, -0.2) is 4.79 Å². The Kier molecular flexibility index (Phi) is 3.12. The van der Waals surface area contributed by atoms with Crippen LogP contribution in [0.25, 0.3) is 10.9 Å². The van der Waals surface area contributed by atoms with Gasteiger partial charge in [0.25, 0.3) is 0 Å². The molecule has 28 heavy (non-hydrogen) atoms. The van der Waals surface area contributed by atoms with Crippen molar-refractivity contribution < 1.29 is 14.3 Å². The monoisotopic (exact) mass is 391 g/mol. The fourth-order valence-corrected chi connectivity index (χ4v) is 4.91. The third kappa shape index (κ3) is 1.97. The van der Waals surface area contributed by atoms with Gasteiger partial charge in [0, 0.05) is 30.1 Å². The Morgan fingerprint density at radius 3 is 2.86 bits per heavy atom. The molecule has 6 nitrogen and oxygen atoms in total. The first-order chi connectivity index (χ1) is 13.6. The standard InChI is InChI=1S/C21H17N3O3S/c1-23-20(28)15-9-13-12-4-2-3-5-14(12)22-18(13)19(24(15)21(23)25)11-6-7-16-17(8-11)27-10-26-16/h2-8,15,19,22H,9-10H2,1H3/t15-,19+/m0/s1. The minimum absolute atomic E-state index is 0.0676. The summed E-state index contributed by atoms with van der Waals surface area (Å²) in [7, 11) is 1.76. The molecule has 0 aliphatic carbocycles. The topological polar surface area (TPSA) is 57.8 Å². The normalized spacial score (nSPS) is 22.8. The Balaban J connectivity index is 1.60. The van der Waals surface area contributed by atoms with E-state index in [1.165, 1.54) is 10.9 Å². The molecule has 1 saturated heterocycles. The molecule has 0 saturated carbocycles. The zero-order valence-corrected chi connectivity index (χ0v) is 16.0. The molecular formula is C21H17N3O3S. The molecule has 7 heteroatoms. The molecule has 2 amide bonds. The predicted molar refractivity (Wildman–Crippen MR) is 108 cm³/mol. The molecule has 2 aromatic carbocycles. The van der Waals surface area contributed by atoms with E-state index in [2.05, 4.69) is 17.1 Å². The van der Waals surface area contributed by atoms with Crippen LogP contribution in [0.1, 0.15) is 22.9 Å². The Morgan fingerprint density at radius 2 is 1.96 bits per heavy atom. The van der Waals surface area contributed by atoms with Crippen LogP contribution < -0.4 is 9.47 Å². The number of amides is 2. The number of carbonyl (C=O) groups is 1. The molecule has 3 aliphatic rings. The minimum atomic E-state index is -0.258. The fourth-order valence-electron chi connectivity index (χ4n) is 4.64. The van der Waals surface area contributed by atoms with Gasteiger partial charge in [0.1, 0.15) is 11.0 Å². The molecule has 6 rings (SSSR count). The molecule has 0 radical (unpaired) electrons. The summed E-state index contributed by atoms with van der Waals surface area (Å²) >= 11 is 5.63. The molecule has 4 heterocycles. The van der Waals surface area contributed by atoms with Crippen molar-refractivity contribution in [2.24, 2.45) is 0 Å². The van der Waals surface area contributed by atoms with Crippen LogP contribution in [0, 0.1) is 0 Å². The third-order valence-corrected chi connectivity index (χ3v) is 6.51. The Labute approximate surface area is 166 Å². The Bertz CT molecular complexity index is 1170. The minimum Gasteiger partial charge on any atom is -0.454 e. The number of rotatable bonds is 1. The largest absolute Gasteiger partial charge is 0.454 e. The van der Waals surface area contributed by atoms with Crippen molar-refractivity contribution >= 4 is 34.1 Å². The molecule has 0 spiro atoms. The summed E-state index contributed by atoms with van der Waals surface area (Å²) in [5.41, 5.74) is 4.33. The molecular weight excluding hydrogens is 374 g/mol. The van der Waals surface area contributed by atoms with Crippen LogP contribution in [0.4, 0.5) is 4.79 Å². The van der Waals surface area contributed by atoms with Crippen molar-refractivity contribution in [3.8, 4) is 11.5 Å². The lowest BCUT2D eigenvalue weighted by molar-refractivity contribution is 0.170. The number of nitrogens with one attached hydrogen (secondary N) is 1. The quantitative estimate of drug-likeness (QED) is 0.644. The number of H-pyrrole nitrogens is 1. The van der Waals surface area contributed by atoms with Gasteiger partial charge in [0.15, 0.2) is 11.5 Å². The van der Waals surface area contributed by atoms with Gasteiger partial charge >= 0.3 is 6.03 Å². The first-order valence-electron chi connectivity index (χ1n) is 9.22. The van der Waals surface area contributed by atoms with Crippen LogP contribution in [-0.4, -0.2) is 45.7 Å². The maximum absolute atomic E-state index is 13.1. The van der Waals surface area contributed by atoms with E-state index in [-0.39, 0.29) is 24.9 Å². The van der Waals surface area contributed by atoms with Crippen LogP contribution in [0.3, 0.4) is 0 Å². The van der Waals surface area contributed by atoms with E-state index in [0.717, 1.165) is 28.9 Å². The lowest BCUT2D eigenvalue weighted by Gasteiger charge is -2.36. The van der Waals surface area contributed by atoms with Crippen molar-refractivity contribution in [2.75, 3.05) is 13.8 Å². The Hall–Kier alpha value is -3.06. The summed E-state index contributed by atoms with van der Waals surface area (Å²) < 4.78 is 11.0. The van der Waals surface area contributed by atoms with Crippen LogP contribution in [0.2, 0.25) is 0 Å². The maximum Gasteiger partial charge on any atom is 0.326 e. The highest BCUT2D eigenvalue weighted by Crippen LogP contribution is 2.45. The van der Waals surface area contributed by atoms with Crippen molar-refractivity contribution in [3.05, 3.63) is 59.3 Å². The zero-order valence-electron chi connectivity index (χ0n) is 15.1. The lowest BCUT2D eigenvalue weighted by Crippen LogP contribution is -2.43. The first-order valence-corrected chi connectivity index (χ1v) is 9.63. The van der Waals surface area contributed by atoms with Gasteiger partial charge < -0.3 is 19.4 Å². The molecule has 0 bridgehead atoms. The summed E-state index contributed by atoms with van der Waals surface area (Å²) in [6, 6.07) is 13.7. The second-order valence-corrected chi connectivity index (χ2v) is 7.80. The number of para-hydroxylation sites is 1. The number of ether oxygens (including phenoxy) is 2. The van der Waals surface area contributed by atoms with E-state index in [1.807, 2.05) is 35.2 Å². The number of hydrogen-bond donors (Lipinski definition) is 1. The number of aromatic nitrogens is 1. The molecule has 3 aromatic rings. The van der Waals surface area contributed by atoms with E-state index in [4.69, 9.17) is 21.7 Å². The van der Waals surface area contributed by atoms with Crippen molar-refractivity contribution in [2.45, 2.75) is 18.5 Å². The highest BCUT2D eigenvalue weighted by atomic mass is 32.1. The van der Waals surface area contributed by atoms with E-state index >= 15 is 0 Å². The van der Waals surface area contributed by atoms with Crippen LogP contribution in [0.5, 0.6) is 11.5 Å². The van der Waals surface area contributed by atoms with Gasteiger partial charge in [0.05, 0.1) is 6.04 Å². The van der Waals surface area contributed by atoms with Gasteiger partial charge in [0.2, 0.25) is 6.79 Å². The smallest absolute Gasteiger partial charge is 0.326 e. The molecule has 140 valence electrons. The molecule has 1 N–H and O–H groups in total. The maximum atomic E-state index is 13.1. The van der Waals surface area contributed by atoms with E-state index in [0.29, 0.717) is 10.7 Å². The number of likely N-dealkylation sites (N-methyl/N-ethyl adjacent to an activating group) is 1. The first kappa shape index (κ1) is 15.9. The lowest BCUT2D eigenvalue weighted by atomic mass is 9.89. The highest BCUT2D eigenvalue weighted by Gasteiger charge is 2.49. The summed E-state index contributed by atoms with van der Waals surface area (Å²) in [6.07, 6.45) is 0.718. The second kappa shape index (κ2) is 5.48. The van der Waals surface area contributed by atoms with Gasteiger partial charge in [-0.3, -0.25) is 4.90 Å². The molecule has 0 unspecified atom stereocenters. The van der Waals surface area contributed by atoms with Crippen LogP contribution in [-0.2, 0) is 6.42 Å². The number of nitrogens with zero attached hydrogens (tertiary/aromatic N) is 2. The predicted octanol–water partition coefficient (Wildman–Crippen LogP) is 3.61. The molecule has 2 atom stereocenters. The number of hydrogen-bond acceptors (Lipinski definition) is 4. The summed E-state index contributed by atoms with van der Waals surface area (Å²) in [5, 5.41) is 1.19. The Morgan fingerprint density at radius 1 is 1.14 bits per heavy atom. The third-order valence-electron chi connectivity index (χ3n) is 5.97. The number of aromatic amines is 1. The van der Waals surface area contributed by atoms with Gasteiger partial charge in [-0.15, -0.1) is 0 Å². The van der Waals surface area contributed by atoms with E-state index in [1.54, 1.807) is 11.9 Å². The van der Waals surface area contributed by atoms with Crippen molar-refractivity contribution in [1.82, 2.24) is 14.8 Å².